The number of carbonyl (C=O) groups is 1. The van der Waals surface area contributed by atoms with Crippen LogP contribution in [-0.2, 0) is 4.79 Å². The van der Waals surface area contributed by atoms with E-state index in [2.05, 4.69) is 10.3 Å². The molecule has 0 fully saturated rings. The van der Waals surface area contributed by atoms with E-state index < -0.39 is 4.92 Å². The number of anilines is 1. The van der Waals surface area contributed by atoms with Crippen LogP contribution in [0.1, 0.15) is 5.56 Å². The van der Waals surface area contributed by atoms with Gasteiger partial charge in [-0.3, -0.25) is 20.2 Å². The number of amides is 1. The van der Waals surface area contributed by atoms with E-state index in [1.54, 1.807) is 35.7 Å². The lowest BCUT2D eigenvalue weighted by Crippen LogP contribution is -2.07. The van der Waals surface area contributed by atoms with Gasteiger partial charge in [-0.2, -0.15) is 0 Å². The van der Waals surface area contributed by atoms with Crippen LogP contribution in [0.4, 0.5) is 15.2 Å². The third kappa shape index (κ3) is 4.37. The molecular formula is C18H12FN3O3S. The van der Waals surface area contributed by atoms with Crippen molar-refractivity contribution in [1.82, 2.24) is 4.98 Å². The van der Waals surface area contributed by atoms with E-state index in [1.807, 2.05) is 0 Å². The molecule has 0 unspecified atom stereocenters. The molecule has 3 aromatic rings. The normalized spacial score (nSPS) is 10.8. The Kier molecular flexibility index (Phi) is 5.14. The van der Waals surface area contributed by atoms with E-state index in [9.17, 15) is 19.3 Å². The third-order valence-corrected chi connectivity index (χ3v) is 4.14. The molecule has 1 amide bonds. The monoisotopic (exact) mass is 369 g/mol. The van der Waals surface area contributed by atoms with Crippen molar-refractivity contribution in [3.63, 3.8) is 0 Å². The number of carbonyl (C=O) groups excluding carboxylic acids is 1. The molecule has 0 aliphatic rings. The summed E-state index contributed by atoms with van der Waals surface area (Å²) in [6.07, 6.45) is 2.88. The number of nitro groups is 1. The third-order valence-electron chi connectivity index (χ3n) is 3.38. The molecule has 0 saturated carbocycles. The number of rotatable bonds is 5. The molecule has 6 nitrogen and oxygen atoms in total. The van der Waals surface area contributed by atoms with Gasteiger partial charge in [0, 0.05) is 29.2 Å². The van der Waals surface area contributed by atoms with Crippen molar-refractivity contribution < 1.29 is 14.1 Å². The van der Waals surface area contributed by atoms with Crippen molar-refractivity contribution in [2.45, 2.75) is 0 Å². The topological polar surface area (TPSA) is 85.1 Å². The molecule has 8 heteroatoms. The Morgan fingerprint density at radius 3 is 2.73 bits per heavy atom. The van der Waals surface area contributed by atoms with Gasteiger partial charge >= 0.3 is 0 Å². The molecule has 0 aliphatic heterocycles. The second kappa shape index (κ2) is 7.66. The van der Waals surface area contributed by atoms with Gasteiger partial charge in [0.25, 0.3) is 5.69 Å². The number of nitrogens with zero attached hydrogens (tertiary/aromatic N) is 2. The Labute approximate surface area is 151 Å². The highest BCUT2D eigenvalue weighted by molar-refractivity contribution is 7.14. The number of nitrogens with one attached hydrogen (secondary N) is 1. The van der Waals surface area contributed by atoms with Gasteiger partial charge in [0.15, 0.2) is 5.13 Å². The first-order chi connectivity index (χ1) is 12.5. The molecule has 1 N–H and O–H groups in total. The van der Waals surface area contributed by atoms with Crippen LogP contribution in [0.25, 0.3) is 17.3 Å². The molecular weight excluding hydrogens is 357 g/mol. The Morgan fingerprint density at radius 1 is 1.23 bits per heavy atom. The summed E-state index contributed by atoms with van der Waals surface area (Å²) in [6, 6.07) is 11.9. The fourth-order valence-electron chi connectivity index (χ4n) is 2.14. The average molecular weight is 369 g/mol. The number of non-ortho nitro benzene ring substituents is 1. The molecule has 26 heavy (non-hydrogen) atoms. The van der Waals surface area contributed by atoms with Gasteiger partial charge in [-0.05, 0) is 23.8 Å². The predicted molar refractivity (Wildman–Crippen MR) is 98.3 cm³/mol. The molecule has 0 atom stereocenters. The molecule has 1 aromatic heterocycles. The van der Waals surface area contributed by atoms with E-state index in [1.165, 1.54) is 41.7 Å². The SMILES string of the molecule is O=C(/C=C/c1ccc(F)cc1)Nc1nc(-c2cccc([N+](=O)[O-])c2)cs1. The van der Waals surface area contributed by atoms with E-state index >= 15 is 0 Å². The molecule has 1 heterocycles. The zero-order valence-corrected chi connectivity index (χ0v) is 14.1. The van der Waals surface area contributed by atoms with Gasteiger partial charge in [0.05, 0.1) is 10.6 Å². The Hall–Kier alpha value is -3.39. The first-order valence-electron chi connectivity index (χ1n) is 7.46. The molecule has 0 radical (unpaired) electrons. The van der Waals surface area contributed by atoms with Gasteiger partial charge in [-0.1, -0.05) is 24.3 Å². The van der Waals surface area contributed by atoms with E-state index in [-0.39, 0.29) is 17.4 Å². The van der Waals surface area contributed by atoms with Crippen LogP contribution in [0, 0.1) is 15.9 Å². The summed E-state index contributed by atoms with van der Waals surface area (Å²) < 4.78 is 12.8. The lowest BCUT2D eigenvalue weighted by Gasteiger charge is -1.98. The van der Waals surface area contributed by atoms with Crippen LogP contribution < -0.4 is 5.32 Å². The number of hydrogen-bond acceptors (Lipinski definition) is 5. The number of halogens is 1. The Balaban J connectivity index is 1.68. The lowest BCUT2D eigenvalue weighted by molar-refractivity contribution is -0.384. The van der Waals surface area contributed by atoms with Crippen molar-refractivity contribution in [2.75, 3.05) is 5.32 Å². The minimum Gasteiger partial charge on any atom is -0.298 e. The maximum atomic E-state index is 12.8. The van der Waals surface area contributed by atoms with Crippen LogP contribution in [0.2, 0.25) is 0 Å². The number of aromatic nitrogens is 1. The van der Waals surface area contributed by atoms with Crippen molar-refractivity contribution in [1.29, 1.82) is 0 Å². The van der Waals surface area contributed by atoms with Crippen molar-refractivity contribution in [2.24, 2.45) is 0 Å². The Bertz CT molecular complexity index is 983. The van der Waals surface area contributed by atoms with Crippen LogP contribution in [0.3, 0.4) is 0 Å². The van der Waals surface area contributed by atoms with Gasteiger partial charge in [-0.25, -0.2) is 9.37 Å². The summed E-state index contributed by atoms with van der Waals surface area (Å²) >= 11 is 1.21. The van der Waals surface area contributed by atoms with E-state index in [4.69, 9.17) is 0 Å². The fraction of sp³-hybridized carbons (Fsp3) is 0. The summed E-state index contributed by atoms with van der Waals surface area (Å²) in [4.78, 5) is 26.6. The van der Waals surface area contributed by atoms with Crippen LogP contribution in [0.5, 0.6) is 0 Å². The fourth-order valence-corrected chi connectivity index (χ4v) is 2.86. The largest absolute Gasteiger partial charge is 0.298 e. The van der Waals surface area contributed by atoms with Gasteiger partial charge in [0.1, 0.15) is 5.82 Å². The minimum absolute atomic E-state index is 0.0247. The van der Waals surface area contributed by atoms with Gasteiger partial charge in [-0.15, -0.1) is 11.3 Å². The number of nitro benzene ring substituents is 1. The molecule has 130 valence electrons. The second-order valence-electron chi connectivity index (χ2n) is 5.22. The maximum Gasteiger partial charge on any atom is 0.270 e. The lowest BCUT2D eigenvalue weighted by atomic mass is 10.1. The molecule has 0 bridgehead atoms. The Morgan fingerprint density at radius 2 is 2.00 bits per heavy atom. The molecule has 0 aliphatic carbocycles. The summed E-state index contributed by atoms with van der Waals surface area (Å²) in [7, 11) is 0. The molecule has 0 saturated heterocycles. The van der Waals surface area contributed by atoms with E-state index in [0.717, 1.165) is 0 Å². The summed E-state index contributed by atoms with van der Waals surface area (Å²) in [5.74, 6) is -0.725. The average Bonchev–Trinajstić information content (AvgIpc) is 3.10. The number of benzene rings is 2. The van der Waals surface area contributed by atoms with Gasteiger partial charge in [0.2, 0.25) is 5.91 Å². The quantitative estimate of drug-likeness (QED) is 0.407. The maximum absolute atomic E-state index is 12.8. The molecule has 3 rings (SSSR count). The van der Waals surface area contributed by atoms with Crippen molar-refractivity contribution in [3.8, 4) is 11.3 Å². The second-order valence-corrected chi connectivity index (χ2v) is 6.08. The summed E-state index contributed by atoms with van der Waals surface area (Å²) in [6.45, 7) is 0. The highest BCUT2D eigenvalue weighted by Gasteiger charge is 2.10. The molecule has 0 spiro atoms. The minimum atomic E-state index is -0.473. The van der Waals surface area contributed by atoms with Crippen LogP contribution >= 0.6 is 11.3 Å². The zero-order chi connectivity index (χ0) is 18.5. The highest BCUT2D eigenvalue weighted by Crippen LogP contribution is 2.27. The predicted octanol–water partition coefficient (Wildman–Crippen LogP) is 4.51. The smallest absolute Gasteiger partial charge is 0.270 e. The summed E-state index contributed by atoms with van der Waals surface area (Å²) in [5, 5.41) is 15.6. The molecule has 2 aromatic carbocycles. The highest BCUT2D eigenvalue weighted by atomic mass is 32.1. The first-order valence-corrected chi connectivity index (χ1v) is 8.34. The standard InChI is InChI=1S/C18H12FN3O3S/c19-14-7-4-12(5-8-14)6-9-17(23)21-18-20-16(11-26-18)13-2-1-3-15(10-13)22(24)25/h1-11H,(H,20,21,23)/b9-6+. The van der Waals surface area contributed by atoms with Crippen molar-refractivity contribution in [3.05, 3.63) is 81.5 Å². The van der Waals surface area contributed by atoms with Crippen LogP contribution in [0.15, 0.2) is 60.0 Å². The van der Waals surface area contributed by atoms with Crippen molar-refractivity contribution >= 4 is 34.1 Å². The summed E-state index contributed by atoms with van der Waals surface area (Å²) in [5.41, 5.74) is 1.80. The first kappa shape index (κ1) is 17.4. The van der Waals surface area contributed by atoms with E-state index in [0.29, 0.717) is 22.0 Å². The number of thiazole rings is 1. The zero-order valence-electron chi connectivity index (χ0n) is 13.3. The van der Waals surface area contributed by atoms with Gasteiger partial charge < -0.3 is 0 Å². The number of hydrogen-bond donors (Lipinski definition) is 1. The van der Waals surface area contributed by atoms with Crippen LogP contribution in [-0.4, -0.2) is 15.8 Å².